The number of carbonyl (C=O) groups is 1. The highest BCUT2D eigenvalue weighted by Crippen LogP contribution is 2.23. The van der Waals surface area contributed by atoms with Crippen LogP contribution in [0.2, 0.25) is 0 Å². The maximum absolute atomic E-state index is 12.2. The van der Waals surface area contributed by atoms with Crippen LogP contribution < -0.4 is 10.5 Å². The SMILES string of the molecule is CC(C)(C)OC(=O)N1CCC(CCOc2ccc(Cc3ccc(N)cc3)cc2)CC1. The van der Waals surface area contributed by atoms with Gasteiger partial charge in [0.1, 0.15) is 11.4 Å². The molecule has 1 fully saturated rings. The number of ether oxygens (including phenoxy) is 2. The average Bonchev–Trinajstić information content (AvgIpc) is 2.70. The second kappa shape index (κ2) is 9.88. The lowest BCUT2D eigenvalue weighted by Crippen LogP contribution is -2.41. The standard InChI is InChI=1S/C25H34N2O3/c1-25(2,3)30-24(28)27-15-12-19(13-16-27)14-17-29-23-10-6-21(7-11-23)18-20-4-8-22(26)9-5-20/h4-11,19H,12-18,26H2,1-3H3. The van der Waals surface area contributed by atoms with E-state index in [0.717, 1.165) is 50.2 Å². The van der Waals surface area contributed by atoms with E-state index >= 15 is 0 Å². The number of benzene rings is 2. The summed E-state index contributed by atoms with van der Waals surface area (Å²) in [6.45, 7) is 7.94. The molecular weight excluding hydrogens is 376 g/mol. The molecule has 1 saturated heterocycles. The number of rotatable bonds is 6. The first-order valence-electron chi connectivity index (χ1n) is 10.8. The molecule has 2 aromatic rings. The molecule has 162 valence electrons. The van der Waals surface area contributed by atoms with Crippen molar-refractivity contribution < 1.29 is 14.3 Å². The van der Waals surface area contributed by atoms with E-state index in [9.17, 15) is 4.79 Å². The van der Waals surface area contributed by atoms with Gasteiger partial charge in [-0.25, -0.2) is 4.79 Å². The number of nitrogens with two attached hydrogens (primary N) is 1. The van der Waals surface area contributed by atoms with Gasteiger partial charge >= 0.3 is 6.09 Å². The summed E-state index contributed by atoms with van der Waals surface area (Å²) in [5.41, 5.74) is 8.59. The third-order valence-corrected chi connectivity index (χ3v) is 5.37. The highest BCUT2D eigenvalue weighted by molar-refractivity contribution is 5.68. The van der Waals surface area contributed by atoms with Crippen LogP contribution in [0.25, 0.3) is 0 Å². The molecule has 30 heavy (non-hydrogen) atoms. The summed E-state index contributed by atoms with van der Waals surface area (Å²) in [7, 11) is 0. The molecular formula is C25H34N2O3. The van der Waals surface area contributed by atoms with Gasteiger partial charge in [-0.15, -0.1) is 0 Å². The lowest BCUT2D eigenvalue weighted by molar-refractivity contribution is 0.0177. The summed E-state index contributed by atoms with van der Waals surface area (Å²) >= 11 is 0. The number of carbonyl (C=O) groups excluding carboxylic acids is 1. The number of likely N-dealkylation sites (tertiary alicyclic amines) is 1. The zero-order valence-corrected chi connectivity index (χ0v) is 18.4. The number of hydrogen-bond acceptors (Lipinski definition) is 4. The van der Waals surface area contributed by atoms with Gasteiger partial charge in [0.15, 0.2) is 0 Å². The molecule has 1 aliphatic rings. The van der Waals surface area contributed by atoms with Gasteiger partial charge in [-0.05, 0) is 87.8 Å². The molecule has 2 N–H and O–H groups in total. The zero-order valence-electron chi connectivity index (χ0n) is 18.4. The molecule has 1 heterocycles. The molecule has 0 saturated carbocycles. The normalized spacial score (nSPS) is 15.1. The minimum absolute atomic E-state index is 0.198. The lowest BCUT2D eigenvalue weighted by Gasteiger charge is -2.33. The topological polar surface area (TPSA) is 64.8 Å². The minimum atomic E-state index is -0.438. The molecule has 0 radical (unpaired) electrons. The van der Waals surface area contributed by atoms with Gasteiger partial charge in [0.05, 0.1) is 6.61 Å². The van der Waals surface area contributed by atoms with Crippen LogP contribution in [0.1, 0.15) is 51.2 Å². The maximum atomic E-state index is 12.2. The Kier molecular flexibility index (Phi) is 7.24. The molecule has 0 aliphatic carbocycles. The fourth-order valence-corrected chi connectivity index (χ4v) is 3.65. The van der Waals surface area contributed by atoms with Gasteiger partial charge in [-0.1, -0.05) is 24.3 Å². The zero-order chi connectivity index (χ0) is 21.6. The van der Waals surface area contributed by atoms with Crippen molar-refractivity contribution in [2.75, 3.05) is 25.4 Å². The van der Waals surface area contributed by atoms with Crippen LogP contribution in [-0.2, 0) is 11.2 Å². The van der Waals surface area contributed by atoms with E-state index in [1.165, 1.54) is 11.1 Å². The largest absolute Gasteiger partial charge is 0.494 e. The van der Waals surface area contributed by atoms with Crippen molar-refractivity contribution in [3.63, 3.8) is 0 Å². The van der Waals surface area contributed by atoms with Gasteiger partial charge in [0.25, 0.3) is 0 Å². The molecule has 0 atom stereocenters. The van der Waals surface area contributed by atoms with Crippen molar-refractivity contribution in [2.45, 2.75) is 52.1 Å². The van der Waals surface area contributed by atoms with Crippen molar-refractivity contribution in [3.05, 3.63) is 59.7 Å². The third kappa shape index (κ3) is 6.97. The van der Waals surface area contributed by atoms with Crippen LogP contribution in [-0.4, -0.2) is 36.3 Å². The number of hydrogen-bond donors (Lipinski definition) is 1. The molecule has 3 rings (SSSR count). The summed E-state index contributed by atoms with van der Waals surface area (Å²) in [5, 5.41) is 0. The molecule has 0 unspecified atom stereocenters. The van der Waals surface area contributed by atoms with Crippen molar-refractivity contribution in [3.8, 4) is 5.75 Å². The number of nitrogen functional groups attached to an aromatic ring is 1. The van der Waals surface area contributed by atoms with E-state index in [-0.39, 0.29) is 6.09 Å². The Balaban J connectivity index is 1.36. The molecule has 2 aromatic carbocycles. The van der Waals surface area contributed by atoms with Crippen LogP contribution >= 0.6 is 0 Å². The van der Waals surface area contributed by atoms with E-state index in [1.807, 2.05) is 49.9 Å². The minimum Gasteiger partial charge on any atom is -0.494 e. The number of anilines is 1. The molecule has 0 bridgehead atoms. The summed E-state index contributed by atoms with van der Waals surface area (Å²) < 4.78 is 11.4. The Morgan fingerprint density at radius 2 is 1.57 bits per heavy atom. The lowest BCUT2D eigenvalue weighted by atomic mass is 9.94. The van der Waals surface area contributed by atoms with Crippen LogP contribution in [0.5, 0.6) is 5.75 Å². The fraction of sp³-hybridized carbons (Fsp3) is 0.480. The predicted molar refractivity (Wildman–Crippen MR) is 121 cm³/mol. The van der Waals surface area contributed by atoms with Crippen LogP contribution in [0.4, 0.5) is 10.5 Å². The first kappa shape index (κ1) is 22.0. The van der Waals surface area contributed by atoms with Gasteiger partial charge in [0.2, 0.25) is 0 Å². The van der Waals surface area contributed by atoms with E-state index in [4.69, 9.17) is 15.2 Å². The number of nitrogens with zero attached hydrogens (tertiary/aromatic N) is 1. The second-order valence-corrected chi connectivity index (χ2v) is 9.11. The Morgan fingerprint density at radius 1 is 1.00 bits per heavy atom. The first-order chi connectivity index (χ1) is 14.3. The smallest absolute Gasteiger partial charge is 0.410 e. The Bertz CT molecular complexity index is 802. The van der Waals surface area contributed by atoms with Crippen LogP contribution in [0, 0.1) is 5.92 Å². The van der Waals surface area contributed by atoms with Crippen molar-refractivity contribution >= 4 is 11.8 Å². The van der Waals surface area contributed by atoms with Crippen molar-refractivity contribution in [1.29, 1.82) is 0 Å². The average molecular weight is 411 g/mol. The van der Waals surface area contributed by atoms with E-state index in [0.29, 0.717) is 12.5 Å². The quantitative estimate of drug-likeness (QED) is 0.659. The van der Waals surface area contributed by atoms with Crippen LogP contribution in [0.3, 0.4) is 0 Å². The highest BCUT2D eigenvalue weighted by atomic mass is 16.6. The summed E-state index contributed by atoms with van der Waals surface area (Å²) in [6.07, 6.45) is 3.70. The first-order valence-corrected chi connectivity index (χ1v) is 10.8. The van der Waals surface area contributed by atoms with E-state index in [1.54, 1.807) is 0 Å². The number of piperidine rings is 1. The molecule has 1 amide bonds. The predicted octanol–water partition coefficient (Wildman–Crippen LogP) is 5.28. The molecule has 0 spiro atoms. The van der Waals surface area contributed by atoms with Gasteiger partial charge in [0, 0.05) is 18.8 Å². The highest BCUT2D eigenvalue weighted by Gasteiger charge is 2.26. The molecule has 1 aliphatic heterocycles. The summed E-state index contributed by atoms with van der Waals surface area (Å²) in [6, 6.07) is 16.3. The Morgan fingerprint density at radius 3 is 2.13 bits per heavy atom. The second-order valence-electron chi connectivity index (χ2n) is 9.11. The summed E-state index contributed by atoms with van der Waals surface area (Å²) in [5.74, 6) is 1.50. The third-order valence-electron chi connectivity index (χ3n) is 5.37. The van der Waals surface area contributed by atoms with Gasteiger partial charge in [-0.2, -0.15) is 0 Å². The van der Waals surface area contributed by atoms with Gasteiger partial charge < -0.3 is 20.1 Å². The van der Waals surface area contributed by atoms with E-state index < -0.39 is 5.60 Å². The summed E-state index contributed by atoms with van der Waals surface area (Å²) in [4.78, 5) is 14.0. The van der Waals surface area contributed by atoms with Gasteiger partial charge in [-0.3, -0.25) is 0 Å². The molecule has 0 aromatic heterocycles. The Labute approximate surface area is 180 Å². The molecule has 5 nitrogen and oxygen atoms in total. The maximum Gasteiger partial charge on any atom is 0.410 e. The van der Waals surface area contributed by atoms with Crippen molar-refractivity contribution in [1.82, 2.24) is 4.90 Å². The van der Waals surface area contributed by atoms with Crippen LogP contribution in [0.15, 0.2) is 48.5 Å². The number of amides is 1. The Hall–Kier alpha value is -2.69. The van der Waals surface area contributed by atoms with Crippen molar-refractivity contribution in [2.24, 2.45) is 5.92 Å². The monoisotopic (exact) mass is 410 g/mol. The fourth-order valence-electron chi connectivity index (χ4n) is 3.65. The molecule has 5 heteroatoms. The van der Waals surface area contributed by atoms with E-state index in [2.05, 4.69) is 24.3 Å².